The normalized spacial score (nSPS) is 20.3. The van der Waals surface area contributed by atoms with Crippen LogP contribution < -0.4 is 5.32 Å². The van der Waals surface area contributed by atoms with Crippen LogP contribution in [0.5, 0.6) is 0 Å². The molecule has 102 valence electrons. The first-order valence-corrected chi connectivity index (χ1v) is 6.17. The molecule has 0 fully saturated rings. The van der Waals surface area contributed by atoms with Crippen molar-refractivity contribution in [3.8, 4) is 0 Å². The van der Waals surface area contributed by atoms with Gasteiger partial charge in [0.1, 0.15) is 5.52 Å². The van der Waals surface area contributed by atoms with Gasteiger partial charge in [-0.25, -0.2) is 4.98 Å². The first-order valence-electron chi connectivity index (χ1n) is 6.17. The van der Waals surface area contributed by atoms with Crippen molar-refractivity contribution >= 4 is 11.1 Å². The van der Waals surface area contributed by atoms with Gasteiger partial charge in [-0.15, -0.1) is 0 Å². The van der Waals surface area contributed by atoms with Gasteiger partial charge in [-0.2, -0.15) is 13.2 Å². The van der Waals surface area contributed by atoms with Crippen molar-refractivity contribution in [1.82, 2.24) is 10.3 Å². The fraction of sp³-hybridized carbons (Fsp3) is 0.462. The smallest absolute Gasteiger partial charge is 0.433 e. The molecule has 0 saturated heterocycles. The molecule has 0 saturated carbocycles. The maximum Gasteiger partial charge on any atom is 0.468 e. The summed E-state index contributed by atoms with van der Waals surface area (Å²) >= 11 is 0. The van der Waals surface area contributed by atoms with E-state index in [2.05, 4.69) is 10.3 Å². The summed E-state index contributed by atoms with van der Waals surface area (Å²) < 4.78 is 42.8. The summed E-state index contributed by atoms with van der Waals surface area (Å²) in [7, 11) is 0. The van der Waals surface area contributed by atoms with Crippen molar-refractivity contribution in [2.45, 2.75) is 25.4 Å². The van der Waals surface area contributed by atoms with Gasteiger partial charge in [0.15, 0.2) is 5.58 Å². The Labute approximate surface area is 107 Å². The van der Waals surface area contributed by atoms with Crippen LogP contribution in [0.1, 0.15) is 29.9 Å². The minimum atomic E-state index is -4.54. The average molecular weight is 270 g/mol. The highest BCUT2D eigenvalue weighted by atomic mass is 19.4. The van der Waals surface area contributed by atoms with Gasteiger partial charge in [0, 0.05) is 6.54 Å². The van der Waals surface area contributed by atoms with Crippen molar-refractivity contribution in [2.24, 2.45) is 0 Å². The summed E-state index contributed by atoms with van der Waals surface area (Å²) in [4.78, 5) is 3.65. The largest absolute Gasteiger partial charge is 0.468 e. The van der Waals surface area contributed by atoms with Crippen molar-refractivity contribution in [3.63, 3.8) is 0 Å². The van der Waals surface area contributed by atoms with Crippen molar-refractivity contribution < 1.29 is 17.6 Å². The molecule has 19 heavy (non-hydrogen) atoms. The van der Waals surface area contributed by atoms with E-state index in [1.807, 2.05) is 13.0 Å². The number of alkyl halides is 3. The molecule has 1 atom stereocenters. The molecular weight excluding hydrogens is 257 g/mol. The molecule has 0 bridgehead atoms. The van der Waals surface area contributed by atoms with E-state index in [0.717, 1.165) is 24.2 Å². The second-order valence-corrected chi connectivity index (χ2v) is 4.85. The van der Waals surface area contributed by atoms with Gasteiger partial charge < -0.3 is 9.73 Å². The Kier molecular flexibility index (Phi) is 2.78. The van der Waals surface area contributed by atoms with Crippen LogP contribution >= 0.6 is 0 Å². The summed E-state index contributed by atoms with van der Waals surface area (Å²) in [6.45, 7) is 3.61. The average Bonchev–Trinajstić information content (AvgIpc) is 2.70. The van der Waals surface area contributed by atoms with Gasteiger partial charge in [-0.3, -0.25) is 0 Å². The molecule has 0 aliphatic carbocycles. The summed E-state index contributed by atoms with van der Waals surface area (Å²) in [5, 5.41) is 3.27. The molecule has 2 heterocycles. The van der Waals surface area contributed by atoms with E-state index in [9.17, 15) is 13.2 Å². The van der Waals surface area contributed by atoms with Gasteiger partial charge >= 0.3 is 12.1 Å². The Balaban J connectivity index is 2.21. The van der Waals surface area contributed by atoms with Crippen LogP contribution in [0.15, 0.2) is 16.5 Å². The molecule has 0 amide bonds. The van der Waals surface area contributed by atoms with E-state index in [-0.39, 0.29) is 11.5 Å². The molecular formula is C13H13F3N2O. The highest BCUT2D eigenvalue weighted by Crippen LogP contribution is 2.34. The fourth-order valence-electron chi connectivity index (χ4n) is 2.55. The molecule has 1 aliphatic rings. The van der Waals surface area contributed by atoms with Crippen LogP contribution in [0.3, 0.4) is 0 Å². The first kappa shape index (κ1) is 12.5. The van der Waals surface area contributed by atoms with E-state index in [4.69, 9.17) is 4.42 Å². The second-order valence-electron chi connectivity index (χ2n) is 4.85. The lowest BCUT2D eigenvalue weighted by Gasteiger charge is -2.11. The third-order valence-electron chi connectivity index (χ3n) is 3.48. The molecule has 3 nitrogen and oxygen atoms in total. The number of oxazole rings is 1. The molecule has 0 spiro atoms. The van der Waals surface area contributed by atoms with E-state index < -0.39 is 12.1 Å². The van der Waals surface area contributed by atoms with Gasteiger partial charge in [-0.1, -0.05) is 13.0 Å². The monoisotopic (exact) mass is 270 g/mol. The maximum absolute atomic E-state index is 12.6. The van der Waals surface area contributed by atoms with Gasteiger partial charge in [0.25, 0.3) is 0 Å². The first-order chi connectivity index (χ1) is 8.97. The third-order valence-corrected chi connectivity index (χ3v) is 3.48. The number of benzene rings is 1. The molecule has 1 aliphatic heterocycles. The van der Waals surface area contributed by atoms with E-state index >= 15 is 0 Å². The molecule has 1 aromatic heterocycles. The van der Waals surface area contributed by atoms with Crippen LogP contribution in [-0.4, -0.2) is 18.1 Å². The topological polar surface area (TPSA) is 38.1 Å². The van der Waals surface area contributed by atoms with E-state index in [1.165, 1.54) is 0 Å². The molecule has 3 rings (SSSR count). The lowest BCUT2D eigenvalue weighted by molar-refractivity contribution is -0.156. The van der Waals surface area contributed by atoms with Crippen molar-refractivity contribution in [3.05, 3.63) is 29.2 Å². The number of fused-ring (bicyclic) bond motifs is 3. The maximum atomic E-state index is 12.6. The molecule has 6 heteroatoms. The number of nitrogens with zero attached hydrogens (tertiary/aromatic N) is 1. The van der Waals surface area contributed by atoms with Crippen LogP contribution in [0.4, 0.5) is 13.2 Å². The molecule has 1 aromatic carbocycles. The molecule has 1 unspecified atom stereocenters. The van der Waals surface area contributed by atoms with Gasteiger partial charge in [-0.05, 0) is 36.1 Å². The second kappa shape index (κ2) is 4.23. The Hall–Kier alpha value is -1.56. The summed E-state index contributed by atoms with van der Waals surface area (Å²) in [6.07, 6.45) is -3.87. The van der Waals surface area contributed by atoms with Gasteiger partial charge in [0.2, 0.25) is 0 Å². The Morgan fingerprint density at radius 1 is 1.37 bits per heavy atom. The lowest BCUT2D eigenvalue weighted by Crippen LogP contribution is -2.18. The zero-order chi connectivity index (χ0) is 13.6. The van der Waals surface area contributed by atoms with Crippen LogP contribution in [0.25, 0.3) is 11.1 Å². The zero-order valence-corrected chi connectivity index (χ0v) is 10.3. The number of aromatic nitrogens is 1. The fourth-order valence-corrected chi connectivity index (χ4v) is 2.55. The summed E-state index contributed by atoms with van der Waals surface area (Å²) in [5.41, 5.74) is 2.48. The number of rotatable bonds is 0. The quantitative estimate of drug-likeness (QED) is 0.799. The third kappa shape index (κ3) is 2.10. The van der Waals surface area contributed by atoms with E-state index in [0.29, 0.717) is 11.9 Å². The standard InChI is InChI=1S/C13H13F3N2O/c1-7-6-17-5-4-9-8(7)2-3-10-11(9)18-12(19-10)13(14,15)16/h2-3,7,17H,4-6H2,1H3. The van der Waals surface area contributed by atoms with Crippen LogP contribution in [0.2, 0.25) is 0 Å². The Bertz CT molecular complexity index is 618. The van der Waals surface area contributed by atoms with Crippen molar-refractivity contribution in [1.29, 1.82) is 0 Å². The van der Waals surface area contributed by atoms with Crippen LogP contribution in [-0.2, 0) is 12.6 Å². The van der Waals surface area contributed by atoms with Crippen molar-refractivity contribution in [2.75, 3.05) is 13.1 Å². The summed E-state index contributed by atoms with van der Waals surface area (Å²) in [6, 6.07) is 3.43. The minimum Gasteiger partial charge on any atom is -0.433 e. The lowest BCUT2D eigenvalue weighted by atomic mass is 9.94. The minimum absolute atomic E-state index is 0.208. The SMILES string of the molecule is CC1CNCCc2c1ccc1oc(C(F)(F)F)nc21. The highest BCUT2D eigenvalue weighted by Gasteiger charge is 2.38. The van der Waals surface area contributed by atoms with E-state index in [1.54, 1.807) is 6.07 Å². The molecule has 2 aromatic rings. The number of halogens is 3. The predicted molar refractivity (Wildman–Crippen MR) is 64.0 cm³/mol. The van der Waals surface area contributed by atoms with Crippen LogP contribution in [0, 0.1) is 0 Å². The Morgan fingerprint density at radius 3 is 2.89 bits per heavy atom. The van der Waals surface area contributed by atoms with Gasteiger partial charge in [0.05, 0.1) is 0 Å². The summed E-state index contributed by atoms with van der Waals surface area (Å²) in [5.74, 6) is -0.909. The highest BCUT2D eigenvalue weighted by molar-refractivity contribution is 5.78. The number of nitrogens with one attached hydrogen (secondary N) is 1. The molecule has 0 radical (unpaired) electrons. The Morgan fingerprint density at radius 2 is 2.16 bits per heavy atom. The number of hydrogen-bond donors (Lipinski definition) is 1. The predicted octanol–water partition coefficient (Wildman–Crippen LogP) is 3.10. The molecule has 1 N–H and O–H groups in total. The zero-order valence-electron chi connectivity index (χ0n) is 10.3. The number of hydrogen-bond acceptors (Lipinski definition) is 3.